The lowest BCUT2D eigenvalue weighted by Gasteiger charge is -2.14. The van der Waals surface area contributed by atoms with Crippen LogP contribution in [0, 0.1) is 0 Å². The maximum Gasteiger partial charge on any atom is 0.357 e. The van der Waals surface area contributed by atoms with E-state index in [1.165, 1.54) is 19.4 Å². The minimum Gasteiger partial charge on any atom is -0.464 e. The summed E-state index contributed by atoms with van der Waals surface area (Å²) in [5.41, 5.74) is 5.53. The lowest BCUT2D eigenvalue weighted by atomic mass is 10.1. The molecule has 2 rings (SSSR count). The number of halogens is 1. The Kier molecular flexibility index (Phi) is 6.46. The van der Waals surface area contributed by atoms with Gasteiger partial charge in [0.25, 0.3) is 0 Å². The zero-order valence-corrected chi connectivity index (χ0v) is 14.3. The Balaban J connectivity index is 0.00000264. The molecule has 0 aliphatic heterocycles. The Morgan fingerprint density at radius 1 is 1.35 bits per heavy atom. The van der Waals surface area contributed by atoms with Gasteiger partial charge in [0.1, 0.15) is 0 Å². The van der Waals surface area contributed by atoms with Crippen LogP contribution in [0.2, 0.25) is 0 Å². The van der Waals surface area contributed by atoms with E-state index in [1.807, 2.05) is 0 Å². The number of pyridine rings is 1. The van der Waals surface area contributed by atoms with E-state index in [-0.39, 0.29) is 29.5 Å². The van der Waals surface area contributed by atoms with Crippen molar-refractivity contribution in [1.82, 2.24) is 9.71 Å². The lowest BCUT2D eigenvalue weighted by molar-refractivity contribution is 0.0596. The molecule has 0 saturated heterocycles. The summed E-state index contributed by atoms with van der Waals surface area (Å²) in [6.45, 7) is 1.85. The van der Waals surface area contributed by atoms with E-state index in [1.54, 1.807) is 25.1 Å². The molecule has 9 heteroatoms. The second-order valence-corrected chi connectivity index (χ2v) is 6.44. The summed E-state index contributed by atoms with van der Waals surface area (Å²) in [7, 11) is -2.51. The average molecular weight is 360 g/mol. The molecule has 23 heavy (non-hydrogen) atoms. The number of esters is 1. The van der Waals surface area contributed by atoms with Gasteiger partial charge in [0.15, 0.2) is 5.69 Å². The van der Waals surface area contributed by atoms with Crippen LogP contribution in [-0.4, -0.2) is 39.1 Å². The molecular formula is C14H18ClN3O4S. The molecule has 126 valence electrons. The normalized spacial score (nSPS) is 12.5. The number of methoxy groups -OCH3 is 1. The topological polar surface area (TPSA) is 111 Å². The number of rotatable bonds is 5. The summed E-state index contributed by atoms with van der Waals surface area (Å²) in [6.07, 6.45) is 1.37. The van der Waals surface area contributed by atoms with Gasteiger partial charge in [-0.15, -0.1) is 12.4 Å². The lowest BCUT2D eigenvalue weighted by Crippen LogP contribution is -2.37. The third-order valence-electron chi connectivity index (χ3n) is 3.14. The van der Waals surface area contributed by atoms with Crippen LogP contribution in [0.15, 0.2) is 35.4 Å². The molecule has 3 N–H and O–H groups in total. The van der Waals surface area contributed by atoms with Crippen molar-refractivity contribution < 1.29 is 17.9 Å². The summed E-state index contributed by atoms with van der Waals surface area (Å²) in [6, 6.07) is 5.79. The minimum absolute atomic E-state index is 0. The minimum atomic E-state index is -3.76. The van der Waals surface area contributed by atoms with Crippen molar-refractivity contribution in [2.24, 2.45) is 5.73 Å². The first-order valence-corrected chi connectivity index (χ1v) is 8.07. The zero-order valence-electron chi connectivity index (χ0n) is 12.6. The van der Waals surface area contributed by atoms with Gasteiger partial charge in [0.05, 0.1) is 12.0 Å². The van der Waals surface area contributed by atoms with Gasteiger partial charge in [-0.3, -0.25) is 0 Å². The van der Waals surface area contributed by atoms with Crippen LogP contribution in [0.1, 0.15) is 17.4 Å². The number of sulfonamides is 1. The van der Waals surface area contributed by atoms with E-state index in [4.69, 9.17) is 5.73 Å². The number of nitrogens with zero attached hydrogens (tertiary/aromatic N) is 1. The molecule has 0 unspecified atom stereocenters. The molecule has 0 spiro atoms. The predicted molar refractivity (Wildman–Crippen MR) is 89.2 cm³/mol. The largest absolute Gasteiger partial charge is 0.464 e. The molecule has 0 fully saturated rings. The predicted octanol–water partition coefficient (Wildman–Crippen LogP) is 1.07. The fraction of sp³-hybridized carbons (Fsp3) is 0.286. The zero-order chi connectivity index (χ0) is 16.3. The van der Waals surface area contributed by atoms with Crippen LogP contribution in [0.25, 0.3) is 10.8 Å². The van der Waals surface area contributed by atoms with E-state index in [0.29, 0.717) is 10.8 Å². The van der Waals surface area contributed by atoms with Gasteiger partial charge in [-0.05, 0) is 19.1 Å². The molecule has 7 nitrogen and oxygen atoms in total. The molecule has 1 aromatic heterocycles. The number of carbonyl (C=O) groups excluding carboxylic acids is 1. The van der Waals surface area contributed by atoms with Crippen molar-refractivity contribution in [2.75, 3.05) is 13.7 Å². The van der Waals surface area contributed by atoms with Gasteiger partial charge in [-0.1, -0.05) is 12.1 Å². The number of nitrogens with one attached hydrogen (secondary N) is 1. The van der Waals surface area contributed by atoms with E-state index >= 15 is 0 Å². The number of aromatic nitrogens is 1. The van der Waals surface area contributed by atoms with Crippen molar-refractivity contribution in [2.45, 2.75) is 17.9 Å². The van der Waals surface area contributed by atoms with Crippen molar-refractivity contribution in [3.63, 3.8) is 0 Å². The number of hydrogen-bond acceptors (Lipinski definition) is 6. The molecule has 1 atom stereocenters. The highest BCUT2D eigenvalue weighted by atomic mass is 35.5. The van der Waals surface area contributed by atoms with Gasteiger partial charge >= 0.3 is 5.97 Å². The molecule has 1 heterocycles. The first-order valence-electron chi connectivity index (χ1n) is 6.59. The number of carbonyl (C=O) groups is 1. The van der Waals surface area contributed by atoms with Crippen LogP contribution in [0.3, 0.4) is 0 Å². The molecule has 2 aromatic rings. The van der Waals surface area contributed by atoms with Crippen molar-refractivity contribution in [1.29, 1.82) is 0 Å². The van der Waals surface area contributed by atoms with E-state index in [2.05, 4.69) is 14.4 Å². The molecule has 0 saturated carbocycles. The third-order valence-corrected chi connectivity index (χ3v) is 4.79. The van der Waals surface area contributed by atoms with Gasteiger partial charge in [-0.2, -0.15) is 0 Å². The van der Waals surface area contributed by atoms with Crippen LogP contribution in [0.5, 0.6) is 0 Å². The standard InChI is InChI=1S/C14H17N3O4S.ClH/c1-9(8-15)17-22(19,20)12-5-3-4-11-10(12)6-7-16-13(11)14(18)21-2;/h3-7,9,17H,8,15H2,1-2H3;1H/t9-;/m0./s1. The molecule has 1 aromatic carbocycles. The van der Waals surface area contributed by atoms with Gasteiger partial charge < -0.3 is 10.5 Å². The Morgan fingerprint density at radius 2 is 2.04 bits per heavy atom. The Labute approximate surface area is 140 Å². The van der Waals surface area contributed by atoms with E-state index in [0.717, 1.165) is 0 Å². The SMILES string of the molecule is COC(=O)c1nccc2c(S(=O)(=O)N[C@@H](C)CN)cccc12.Cl. The highest BCUT2D eigenvalue weighted by molar-refractivity contribution is 7.89. The van der Waals surface area contributed by atoms with Crippen LogP contribution < -0.4 is 10.5 Å². The summed E-state index contributed by atoms with van der Waals surface area (Å²) >= 11 is 0. The summed E-state index contributed by atoms with van der Waals surface area (Å²) in [4.78, 5) is 15.8. The van der Waals surface area contributed by atoms with Crippen LogP contribution >= 0.6 is 12.4 Å². The quantitative estimate of drug-likeness (QED) is 0.772. The van der Waals surface area contributed by atoms with Gasteiger partial charge in [-0.25, -0.2) is 22.9 Å². The third kappa shape index (κ3) is 3.97. The molecule has 0 amide bonds. The number of benzene rings is 1. The van der Waals surface area contributed by atoms with Crippen LogP contribution in [0.4, 0.5) is 0 Å². The Hall–Kier alpha value is -1.74. The number of ether oxygens (including phenoxy) is 1. The summed E-state index contributed by atoms with van der Waals surface area (Å²) in [5, 5.41) is 0.812. The van der Waals surface area contributed by atoms with E-state index in [9.17, 15) is 13.2 Å². The highest BCUT2D eigenvalue weighted by Gasteiger charge is 2.21. The van der Waals surface area contributed by atoms with Crippen molar-refractivity contribution in [3.8, 4) is 0 Å². The maximum atomic E-state index is 12.5. The second kappa shape index (κ2) is 7.69. The first kappa shape index (κ1) is 19.3. The van der Waals surface area contributed by atoms with Crippen molar-refractivity contribution >= 4 is 39.2 Å². The van der Waals surface area contributed by atoms with Crippen molar-refractivity contribution in [3.05, 3.63) is 36.2 Å². The van der Waals surface area contributed by atoms with E-state index < -0.39 is 22.0 Å². The fourth-order valence-electron chi connectivity index (χ4n) is 2.05. The Morgan fingerprint density at radius 3 is 2.65 bits per heavy atom. The monoisotopic (exact) mass is 359 g/mol. The summed E-state index contributed by atoms with van der Waals surface area (Å²) < 4.78 is 32.1. The summed E-state index contributed by atoms with van der Waals surface area (Å²) in [5.74, 6) is -0.622. The maximum absolute atomic E-state index is 12.5. The smallest absolute Gasteiger partial charge is 0.357 e. The fourth-order valence-corrected chi connectivity index (χ4v) is 3.53. The highest BCUT2D eigenvalue weighted by Crippen LogP contribution is 2.25. The first-order chi connectivity index (χ1) is 10.4. The van der Waals surface area contributed by atoms with Gasteiger partial charge in [0.2, 0.25) is 10.0 Å². The number of nitrogens with two attached hydrogens (primary N) is 1. The molecule has 0 aliphatic rings. The van der Waals surface area contributed by atoms with Crippen LogP contribution in [-0.2, 0) is 14.8 Å². The Bertz CT molecular complexity index is 811. The van der Waals surface area contributed by atoms with Gasteiger partial charge in [0, 0.05) is 29.6 Å². The molecule has 0 bridgehead atoms. The molecule has 0 radical (unpaired) electrons. The molecular weight excluding hydrogens is 342 g/mol. The number of fused-ring (bicyclic) bond motifs is 1. The number of hydrogen-bond donors (Lipinski definition) is 2. The molecule has 0 aliphatic carbocycles. The second-order valence-electron chi connectivity index (χ2n) is 4.76. The average Bonchev–Trinajstić information content (AvgIpc) is 2.52.